The summed E-state index contributed by atoms with van der Waals surface area (Å²) in [5, 5.41) is 9.33. The Morgan fingerprint density at radius 3 is 2.00 bits per heavy atom. The van der Waals surface area contributed by atoms with Gasteiger partial charge in [0.15, 0.2) is 0 Å². The van der Waals surface area contributed by atoms with E-state index < -0.39 is 5.97 Å². The highest BCUT2D eigenvalue weighted by Crippen LogP contribution is 2.16. The highest BCUT2D eigenvalue weighted by Gasteiger charge is 2.17. The normalized spacial score (nSPS) is 12.0. The molecule has 2 nitrogen and oxygen atoms in total. The third-order valence-electron chi connectivity index (χ3n) is 3.54. The van der Waals surface area contributed by atoms with Gasteiger partial charge in [0.1, 0.15) is 0 Å². The van der Waals surface area contributed by atoms with E-state index in [-0.39, 0.29) is 5.92 Å². The molecule has 0 aromatic heterocycles. The molecule has 0 amide bonds. The maximum absolute atomic E-state index is 11.3. The van der Waals surface area contributed by atoms with Crippen LogP contribution in [0.3, 0.4) is 0 Å². The molecular weight excluding hydrogens is 248 g/mol. The molecule has 0 bridgehead atoms. The number of carboxylic acid groups (broad SMARTS) is 1. The molecule has 104 valence electrons. The standard InChI is InChI=1S/C18H20O2/c19-18(20)17(14-16-10-5-2-6-11-16)13-7-12-15-8-3-1-4-9-15/h1-6,8-11,17H,7,12-14H2,(H,19,20). The lowest BCUT2D eigenvalue weighted by atomic mass is 9.93. The maximum atomic E-state index is 11.3. The van der Waals surface area contributed by atoms with Crippen molar-refractivity contribution in [3.8, 4) is 0 Å². The third kappa shape index (κ3) is 4.54. The zero-order valence-corrected chi connectivity index (χ0v) is 11.5. The Balaban J connectivity index is 1.85. The van der Waals surface area contributed by atoms with Crippen LogP contribution in [0.25, 0.3) is 0 Å². The van der Waals surface area contributed by atoms with Crippen molar-refractivity contribution in [2.45, 2.75) is 25.7 Å². The molecule has 0 radical (unpaired) electrons. The first-order valence-corrected chi connectivity index (χ1v) is 7.06. The molecule has 0 spiro atoms. The molecule has 1 atom stereocenters. The summed E-state index contributed by atoms with van der Waals surface area (Å²) in [7, 11) is 0. The Bertz CT molecular complexity index is 520. The second kappa shape index (κ2) is 7.49. The third-order valence-corrected chi connectivity index (χ3v) is 3.54. The molecular formula is C18H20O2. The zero-order valence-electron chi connectivity index (χ0n) is 11.5. The predicted molar refractivity (Wildman–Crippen MR) is 80.7 cm³/mol. The number of hydrogen-bond donors (Lipinski definition) is 1. The number of rotatable bonds is 7. The average molecular weight is 268 g/mol. The lowest BCUT2D eigenvalue weighted by Gasteiger charge is -2.12. The molecule has 0 fully saturated rings. The van der Waals surface area contributed by atoms with Gasteiger partial charge in [0.25, 0.3) is 0 Å². The Morgan fingerprint density at radius 1 is 0.900 bits per heavy atom. The number of aryl methyl sites for hydroxylation is 1. The number of hydrogen-bond acceptors (Lipinski definition) is 1. The van der Waals surface area contributed by atoms with E-state index in [1.54, 1.807) is 0 Å². The van der Waals surface area contributed by atoms with Crippen molar-refractivity contribution in [2.75, 3.05) is 0 Å². The molecule has 0 heterocycles. The van der Waals surface area contributed by atoms with E-state index >= 15 is 0 Å². The van der Waals surface area contributed by atoms with Gasteiger partial charge in [0.2, 0.25) is 0 Å². The van der Waals surface area contributed by atoms with Gasteiger partial charge in [-0.05, 0) is 36.8 Å². The highest BCUT2D eigenvalue weighted by atomic mass is 16.4. The van der Waals surface area contributed by atoms with E-state index in [2.05, 4.69) is 12.1 Å². The number of carboxylic acids is 1. The van der Waals surface area contributed by atoms with E-state index in [0.717, 1.165) is 24.8 Å². The minimum Gasteiger partial charge on any atom is -0.481 e. The first kappa shape index (κ1) is 14.3. The van der Waals surface area contributed by atoms with Gasteiger partial charge in [-0.2, -0.15) is 0 Å². The van der Waals surface area contributed by atoms with Crippen LogP contribution >= 0.6 is 0 Å². The maximum Gasteiger partial charge on any atom is 0.306 e. The molecule has 0 aliphatic heterocycles. The fourth-order valence-electron chi connectivity index (χ4n) is 2.41. The van der Waals surface area contributed by atoms with Crippen LogP contribution in [0.4, 0.5) is 0 Å². The largest absolute Gasteiger partial charge is 0.481 e. The van der Waals surface area contributed by atoms with Crippen LogP contribution in [0.5, 0.6) is 0 Å². The minimum absolute atomic E-state index is 0.291. The Kier molecular flexibility index (Phi) is 5.36. The van der Waals surface area contributed by atoms with Crippen LogP contribution in [0.1, 0.15) is 24.0 Å². The summed E-state index contributed by atoms with van der Waals surface area (Å²) in [6.45, 7) is 0. The molecule has 2 heteroatoms. The van der Waals surface area contributed by atoms with E-state index in [4.69, 9.17) is 0 Å². The van der Waals surface area contributed by atoms with Crippen LogP contribution in [0.2, 0.25) is 0 Å². The molecule has 0 aliphatic rings. The predicted octanol–water partition coefficient (Wildman–Crippen LogP) is 3.95. The second-order valence-electron chi connectivity index (χ2n) is 5.10. The van der Waals surface area contributed by atoms with E-state index in [1.807, 2.05) is 48.5 Å². The van der Waals surface area contributed by atoms with Crippen molar-refractivity contribution in [1.82, 2.24) is 0 Å². The molecule has 20 heavy (non-hydrogen) atoms. The van der Waals surface area contributed by atoms with Crippen LogP contribution in [0, 0.1) is 5.92 Å². The Hall–Kier alpha value is -2.09. The van der Waals surface area contributed by atoms with Crippen LogP contribution in [-0.4, -0.2) is 11.1 Å². The van der Waals surface area contributed by atoms with Crippen LogP contribution in [0.15, 0.2) is 60.7 Å². The van der Waals surface area contributed by atoms with E-state index in [0.29, 0.717) is 6.42 Å². The second-order valence-corrected chi connectivity index (χ2v) is 5.10. The SMILES string of the molecule is O=C(O)C(CCCc1ccccc1)Cc1ccccc1. The van der Waals surface area contributed by atoms with Gasteiger partial charge in [-0.3, -0.25) is 4.79 Å². The highest BCUT2D eigenvalue weighted by molar-refractivity contribution is 5.70. The number of aliphatic carboxylic acids is 1. The molecule has 2 rings (SSSR count). The molecule has 2 aromatic rings. The van der Waals surface area contributed by atoms with Gasteiger partial charge in [-0.1, -0.05) is 60.7 Å². The fraction of sp³-hybridized carbons (Fsp3) is 0.278. The Morgan fingerprint density at radius 2 is 1.45 bits per heavy atom. The van der Waals surface area contributed by atoms with Crippen LogP contribution < -0.4 is 0 Å². The lowest BCUT2D eigenvalue weighted by Crippen LogP contribution is -2.16. The van der Waals surface area contributed by atoms with Gasteiger partial charge >= 0.3 is 5.97 Å². The molecule has 0 aliphatic carbocycles. The van der Waals surface area contributed by atoms with Gasteiger partial charge < -0.3 is 5.11 Å². The number of carbonyl (C=O) groups is 1. The summed E-state index contributed by atoms with van der Waals surface area (Å²) < 4.78 is 0. The van der Waals surface area contributed by atoms with Gasteiger partial charge in [0, 0.05) is 0 Å². The van der Waals surface area contributed by atoms with E-state index in [9.17, 15) is 9.90 Å². The summed E-state index contributed by atoms with van der Waals surface area (Å²) in [6, 6.07) is 20.1. The smallest absolute Gasteiger partial charge is 0.306 e. The summed E-state index contributed by atoms with van der Waals surface area (Å²) in [4.78, 5) is 11.3. The van der Waals surface area contributed by atoms with Crippen LogP contribution in [-0.2, 0) is 17.6 Å². The lowest BCUT2D eigenvalue weighted by molar-refractivity contribution is -0.141. The first-order chi connectivity index (χ1) is 9.75. The molecule has 1 unspecified atom stereocenters. The van der Waals surface area contributed by atoms with Crippen molar-refractivity contribution in [2.24, 2.45) is 5.92 Å². The summed E-state index contributed by atoms with van der Waals surface area (Å²) in [5.41, 5.74) is 2.37. The quantitative estimate of drug-likeness (QED) is 0.825. The van der Waals surface area contributed by atoms with Gasteiger partial charge in [0.05, 0.1) is 5.92 Å². The van der Waals surface area contributed by atoms with Gasteiger partial charge in [-0.25, -0.2) is 0 Å². The van der Waals surface area contributed by atoms with Crippen molar-refractivity contribution in [1.29, 1.82) is 0 Å². The minimum atomic E-state index is -0.693. The van der Waals surface area contributed by atoms with Crippen molar-refractivity contribution < 1.29 is 9.90 Å². The molecule has 2 aromatic carbocycles. The molecule has 0 saturated carbocycles. The first-order valence-electron chi connectivity index (χ1n) is 7.06. The number of benzene rings is 2. The molecule has 1 N–H and O–H groups in total. The summed E-state index contributed by atoms with van der Waals surface area (Å²) >= 11 is 0. The Labute approximate surface area is 120 Å². The van der Waals surface area contributed by atoms with Gasteiger partial charge in [-0.15, -0.1) is 0 Å². The van der Waals surface area contributed by atoms with E-state index in [1.165, 1.54) is 5.56 Å². The molecule has 0 saturated heterocycles. The monoisotopic (exact) mass is 268 g/mol. The average Bonchev–Trinajstić information content (AvgIpc) is 2.48. The van der Waals surface area contributed by atoms with Crippen molar-refractivity contribution in [3.63, 3.8) is 0 Å². The summed E-state index contributed by atoms with van der Waals surface area (Å²) in [6.07, 6.45) is 3.19. The van der Waals surface area contributed by atoms with Crippen molar-refractivity contribution in [3.05, 3.63) is 71.8 Å². The fourth-order valence-corrected chi connectivity index (χ4v) is 2.41. The zero-order chi connectivity index (χ0) is 14.2. The summed E-state index contributed by atoms with van der Waals surface area (Å²) in [5.74, 6) is -0.983. The van der Waals surface area contributed by atoms with Crippen molar-refractivity contribution >= 4 is 5.97 Å². The topological polar surface area (TPSA) is 37.3 Å².